The molecule has 0 aliphatic carbocycles. The molecule has 1 aliphatic heterocycles. The number of aromatic nitrogens is 2. The van der Waals surface area contributed by atoms with E-state index in [4.69, 9.17) is 9.84 Å². The van der Waals surface area contributed by atoms with Gasteiger partial charge in [0.15, 0.2) is 5.82 Å². The number of carbonyl (C=O) groups is 2. The minimum atomic E-state index is -1.27. The van der Waals surface area contributed by atoms with Crippen molar-refractivity contribution in [3.63, 3.8) is 0 Å². The molecule has 0 spiro atoms. The minimum Gasteiger partial charge on any atom is -0.478 e. The number of anilines is 1. The van der Waals surface area contributed by atoms with Gasteiger partial charge >= 0.3 is 11.9 Å². The van der Waals surface area contributed by atoms with Crippen LogP contribution in [0.5, 0.6) is 0 Å². The van der Waals surface area contributed by atoms with E-state index in [1.165, 1.54) is 4.52 Å². The maximum atomic E-state index is 12.0. The van der Waals surface area contributed by atoms with Crippen LogP contribution < -0.4 is 4.90 Å². The molecule has 140 valence electrons. The van der Waals surface area contributed by atoms with Crippen LogP contribution in [0.3, 0.4) is 0 Å². The monoisotopic (exact) mass is 369 g/mol. The molecule has 0 bridgehead atoms. The molecule has 0 radical (unpaired) electrons. The molecular formula is C19H19N3O5. The molecule has 0 unspecified atom stereocenters. The zero-order valence-corrected chi connectivity index (χ0v) is 14.8. The van der Waals surface area contributed by atoms with Gasteiger partial charge in [-0.25, -0.2) is 14.1 Å². The van der Waals surface area contributed by atoms with Crippen LogP contribution in [0.4, 0.5) is 5.82 Å². The highest BCUT2D eigenvalue weighted by atomic mass is 16.5. The van der Waals surface area contributed by atoms with Crippen LogP contribution in [-0.4, -0.2) is 58.1 Å². The summed E-state index contributed by atoms with van der Waals surface area (Å²) in [6, 6.07) is 7.38. The first-order chi connectivity index (χ1) is 13.0. The molecule has 0 saturated carbocycles. The van der Waals surface area contributed by atoms with Crippen molar-refractivity contribution in [2.24, 2.45) is 0 Å². The van der Waals surface area contributed by atoms with Crippen molar-refractivity contribution in [2.75, 3.05) is 31.2 Å². The smallest absolute Gasteiger partial charge is 0.338 e. The highest BCUT2D eigenvalue weighted by Gasteiger charge is 2.30. The molecule has 1 saturated heterocycles. The third kappa shape index (κ3) is 2.60. The molecule has 8 heteroatoms. The summed E-state index contributed by atoms with van der Waals surface area (Å²) in [5.74, 6) is -1.82. The van der Waals surface area contributed by atoms with Crippen molar-refractivity contribution in [3.8, 4) is 0 Å². The molecule has 0 atom stereocenters. The van der Waals surface area contributed by atoms with Gasteiger partial charge in [0.25, 0.3) is 0 Å². The summed E-state index contributed by atoms with van der Waals surface area (Å²) in [6.07, 6.45) is 0.351. The predicted octanol–water partition coefficient (Wildman–Crippen LogP) is 2.28. The number of aryl methyl sites for hydroxylation is 1. The van der Waals surface area contributed by atoms with E-state index in [2.05, 4.69) is 4.90 Å². The first kappa shape index (κ1) is 17.3. The molecule has 8 nitrogen and oxygen atoms in total. The Morgan fingerprint density at radius 3 is 2.30 bits per heavy atom. The average molecular weight is 369 g/mol. The van der Waals surface area contributed by atoms with Gasteiger partial charge in [0, 0.05) is 23.9 Å². The molecule has 0 amide bonds. The normalized spacial score (nSPS) is 14.8. The van der Waals surface area contributed by atoms with E-state index in [9.17, 15) is 19.8 Å². The third-order valence-electron chi connectivity index (χ3n) is 4.93. The van der Waals surface area contributed by atoms with Gasteiger partial charge < -0.3 is 19.8 Å². The highest BCUT2D eigenvalue weighted by Crippen LogP contribution is 2.34. The SMILES string of the molecule is CCc1c(C(=O)O)c(C(=O)O)c2c3ccccc3c(N3CCOCC3)nn12. The predicted molar refractivity (Wildman–Crippen MR) is 99.0 cm³/mol. The van der Waals surface area contributed by atoms with Crippen LogP contribution in [0.2, 0.25) is 0 Å². The summed E-state index contributed by atoms with van der Waals surface area (Å²) in [4.78, 5) is 25.9. The molecule has 3 heterocycles. The molecule has 1 aliphatic rings. The maximum Gasteiger partial charge on any atom is 0.338 e. The Morgan fingerprint density at radius 2 is 1.70 bits per heavy atom. The number of benzene rings is 1. The zero-order valence-electron chi connectivity index (χ0n) is 14.8. The van der Waals surface area contributed by atoms with Gasteiger partial charge in [-0.15, -0.1) is 5.10 Å². The quantitative estimate of drug-likeness (QED) is 0.727. The Labute approximate surface area is 154 Å². The summed E-state index contributed by atoms with van der Waals surface area (Å²) in [5.41, 5.74) is 0.304. The lowest BCUT2D eigenvalue weighted by molar-refractivity contribution is 0.0653. The molecule has 1 fully saturated rings. The first-order valence-electron chi connectivity index (χ1n) is 8.80. The molecular weight excluding hydrogens is 350 g/mol. The topological polar surface area (TPSA) is 104 Å². The van der Waals surface area contributed by atoms with E-state index < -0.39 is 11.9 Å². The number of carboxylic acid groups (broad SMARTS) is 2. The van der Waals surface area contributed by atoms with Crippen molar-refractivity contribution in [1.29, 1.82) is 0 Å². The van der Waals surface area contributed by atoms with Crippen LogP contribution >= 0.6 is 0 Å². The van der Waals surface area contributed by atoms with E-state index >= 15 is 0 Å². The van der Waals surface area contributed by atoms with E-state index in [0.717, 1.165) is 5.39 Å². The van der Waals surface area contributed by atoms with E-state index in [0.29, 0.717) is 55.1 Å². The lowest BCUT2D eigenvalue weighted by Gasteiger charge is -2.29. The number of fused-ring (bicyclic) bond motifs is 3. The average Bonchev–Trinajstić information content (AvgIpc) is 3.03. The van der Waals surface area contributed by atoms with Crippen molar-refractivity contribution >= 4 is 34.0 Å². The van der Waals surface area contributed by atoms with Gasteiger partial charge in [-0.3, -0.25) is 0 Å². The van der Waals surface area contributed by atoms with Crippen LogP contribution in [0.1, 0.15) is 33.3 Å². The first-order valence-corrected chi connectivity index (χ1v) is 8.80. The standard InChI is InChI=1S/C19H19N3O5/c1-2-13-14(18(23)24)15(19(25)26)16-11-5-3-4-6-12(11)17(20-22(13)16)21-7-9-27-10-8-21/h3-6H,2,7-10H2,1H3,(H,23,24)(H,25,26). The summed E-state index contributed by atoms with van der Waals surface area (Å²) in [5, 5.41) is 25.6. The van der Waals surface area contributed by atoms with Crippen LogP contribution in [0.25, 0.3) is 16.3 Å². The number of hydrogen-bond donors (Lipinski definition) is 2. The maximum absolute atomic E-state index is 12.0. The Kier molecular flexibility index (Phi) is 4.19. The van der Waals surface area contributed by atoms with Crippen LogP contribution in [-0.2, 0) is 11.2 Å². The minimum absolute atomic E-state index is 0.193. The summed E-state index contributed by atoms with van der Waals surface area (Å²) >= 11 is 0. The number of morpholine rings is 1. The zero-order chi connectivity index (χ0) is 19.1. The lowest BCUT2D eigenvalue weighted by atomic mass is 10.1. The van der Waals surface area contributed by atoms with Crippen molar-refractivity contribution in [1.82, 2.24) is 9.61 Å². The Morgan fingerprint density at radius 1 is 1.07 bits per heavy atom. The van der Waals surface area contributed by atoms with Gasteiger partial charge in [0.05, 0.1) is 30.0 Å². The number of ether oxygens (including phenoxy) is 1. The van der Waals surface area contributed by atoms with Crippen molar-refractivity contribution < 1.29 is 24.5 Å². The Balaban J connectivity index is 2.16. The van der Waals surface area contributed by atoms with Crippen molar-refractivity contribution in [3.05, 3.63) is 41.1 Å². The fraction of sp³-hybridized carbons (Fsp3) is 0.316. The van der Waals surface area contributed by atoms with E-state index in [1.807, 2.05) is 24.3 Å². The summed E-state index contributed by atoms with van der Waals surface area (Å²) < 4.78 is 6.92. The second-order valence-corrected chi connectivity index (χ2v) is 6.39. The number of carboxylic acids is 2. The number of rotatable bonds is 4. The lowest BCUT2D eigenvalue weighted by Crippen LogP contribution is -2.37. The fourth-order valence-corrected chi connectivity index (χ4v) is 3.78. The molecule has 4 rings (SSSR count). The second kappa shape index (κ2) is 6.55. The van der Waals surface area contributed by atoms with Gasteiger partial charge in [-0.1, -0.05) is 31.2 Å². The molecule has 2 N–H and O–H groups in total. The van der Waals surface area contributed by atoms with Gasteiger partial charge in [0.1, 0.15) is 5.56 Å². The number of hydrogen-bond acceptors (Lipinski definition) is 5. The van der Waals surface area contributed by atoms with Gasteiger partial charge in [-0.2, -0.15) is 0 Å². The highest BCUT2D eigenvalue weighted by molar-refractivity contribution is 6.15. The van der Waals surface area contributed by atoms with Crippen LogP contribution in [0.15, 0.2) is 24.3 Å². The largest absolute Gasteiger partial charge is 0.478 e. The molecule has 1 aromatic carbocycles. The summed E-state index contributed by atoms with van der Waals surface area (Å²) in [6.45, 7) is 4.30. The Hall–Kier alpha value is -3.13. The molecule has 27 heavy (non-hydrogen) atoms. The second-order valence-electron chi connectivity index (χ2n) is 6.39. The number of nitrogens with zero attached hydrogens (tertiary/aromatic N) is 3. The molecule has 2 aromatic heterocycles. The number of aromatic carboxylic acids is 2. The Bertz CT molecular complexity index is 1070. The molecule has 3 aromatic rings. The van der Waals surface area contributed by atoms with Crippen LogP contribution in [0, 0.1) is 0 Å². The summed E-state index contributed by atoms with van der Waals surface area (Å²) in [7, 11) is 0. The van der Waals surface area contributed by atoms with E-state index in [-0.39, 0.29) is 11.1 Å². The van der Waals surface area contributed by atoms with Gasteiger partial charge in [-0.05, 0) is 6.42 Å². The van der Waals surface area contributed by atoms with E-state index in [1.54, 1.807) is 6.92 Å². The van der Waals surface area contributed by atoms with Crippen molar-refractivity contribution in [2.45, 2.75) is 13.3 Å². The fourth-order valence-electron chi connectivity index (χ4n) is 3.78. The van der Waals surface area contributed by atoms with Gasteiger partial charge in [0.2, 0.25) is 0 Å². The third-order valence-corrected chi connectivity index (χ3v) is 4.93.